The molecule has 7 heteroatoms. The van der Waals surface area contributed by atoms with Crippen LogP contribution in [0.15, 0.2) is 48.8 Å². The van der Waals surface area contributed by atoms with Crippen molar-refractivity contribution in [1.82, 2.24) is 20.1 Å². The van der Waals surface area contributed by atoms with Gasteiger partial charge in [-0.2, -0.15) is 5.10 Å². The van der Waals surface area contributed by atoms with Crippen molar-refractivity contribution in [2.24, 2.45) is 0 Å². The number of fused-ring (bicyclic) bond motifs is 1. The van der Waals surface area contributed by atoms with Crippen LogP contribution < -0.4 is 4.74 Å². The maximum atomic E-state index is 13.0. The molecule has 1 aromatic carbocycles. The summed E-state index contributed by atoms with van der Waals surface area (Å²) < 4.78 is 10.5. The Balaban J connectivity index is 1.85. The largest absolute Gasteiger partial charge is 0.497 e. The minimum Gasteiger partial charge on any atom is -0.497 e. The van der Waals surface area contributed by atoms with Gasteiger partial charge in [-0.3, -0.25) is 14.9 Å². The smallest absolute Gasteiger partial charge is 0.273 e. The number of pyridine rings is 1. The second-order valence-electron chi connectivity index (χ2n) is 6.27. The fourth-order valence-electron chi connectivity index (χ4n) is 3.49. The Morgan fingerprint density at radius 1 is 1.22 bits per heavy atom. The van der Waals surface area contributed by atoms with E-state index in [0.29, 0.717) is 18.8 Å². The van der Waals surface area contributed by atoms with Gasteiger partial charge in [0.05, 0.1) is 25.5 Å². The zero-order valence-corrected chi connectivity index (χ0v) is 15.2. The van der Waals surface area contributed by atoms with Gasteiger partial charge < -0.3 is 14.4 Å². The topological polar surface area (TPSA) is 80.3 Å². The van der Waals surface area contributed by atoms with Gasteiger partial charge in [0.25, 0.3) is 5.91 Å². The number of carbonyl (C=O) groups excluding carboxylic acids is 1. The number of H-pyrrole nitrogens is 1. The Bertz CT molecular complexity index is 955. The van der Waals surface area contributed by atoms with Crippen LogP contribution in [0, 0.1) is 0 Å². The average molecular weight is 364 g/mol. The monoisotopic (exact) mass is 364 g/mol. The van der Waals surface area contributed by atoms with Gasteiger partial charge in [0, 0.05) is 37.2 Å². The summed E-state index contributed by atoms with van der Waals surface area (Å²) in [5, 5.41) is 7.38. The molecule has 0 saturated carbocycles. The molecule has 0 saturated heterocycles. The van der Waals surface area contributed by atoms with E-state index in [1.165, 1.54) is 0 Å². The van der Waals surface area contributed by atoms with Gasteiger partial charge in [0.1, 0.15) is 11.4 Å². The van der Waals surface area contributed by atoms with Crippen molar-refractivity contribution < 1.29 is 14.3 Å². The number of methoxy groups -OCH3 is 2. The highest BCUT2D eigenvalue weighted by Gasteiger charge is 2.42. The highest BCUT2D eigenvalue weighted by Crippen LogP contribution is 2.42. The van der Waals surface area contributed by atoms with E-state index in [4.69, 9.17) is 9.47 Å². The highest BCUT2D eigenvalue weighted by atomic mass is 16.5. The molecule has 1 aliphatic heterocycles. The molecule has 0 aliphatic carbocycles. The Labute approximate surface area is 156 Å². The summed E-state index contributed by atoms with van der Waals surface area (Å²) in [6.07, 6.45) is 3.51. The molecule has 1 N–H and O–H groups in total. The van der Waals surface area contributed by atoms with Crippen molar-refractivity contribution in [3.8, 4) is 17.0 Å². The molecule has 3 heterocycles. The molecular weight excluding hydrogens is 344 g/mol. The van der Waals surface area contributed by atoms with Gasteiger partial charge in [0.2, 0.25) is 0 Å². The summed E-state index contributed by atoms with van der Waals surface area (Å²) in [5.74, 6) is 0.653. The van der Waals surface area contributed by atoms with Crippen LogP contribution in [0.25, 0.3) is 11.3 Å². The third kappa shape index (κ3) is 2.96. The number of hydrogen-bond donors (Lipinski definition) is 1. The summed E-state index contributed by atoms with van der Waals surface area (Å²) in [5.41, 5.74) is 3.94. The predicted molar refractivity (Wildman–Crippen MR) is 99.6 cm³/mol. The number of aromatic nitrogens is 3. The second kappa shape index (κ2) is 7.20. The standard InChI is InChI=1S/C20H20N4O3/c1-26-10-9-24-19(14-6-4-8-21-12-14)16-17(22-23-18(16)20(24)25)13-5-3-7-15(11-13)27-2/h3-8,11-12,19H,9-10H2,1-2H3,(H,22,23). The second-order valence-corrected chi connectivity index (χ2v) is 6.27. The molecular formula is C20H20N4O3. The van der Waals surface area contributed by atoms with Gasteiger partial charge in [-0.05, 0) is 23.8 Å². The number of amides is 1. The van der Waals surface area contributed by atoms with Crippen molar-refractivity contribution in [3.63, 3.8) is 0 Å². The molecule has 138 valence electrons. The lowest BCUT2D eigenvalue weighted by molar-refractivity contribution is 0.0677. The minimum absolute atomic E-state index is 0.0856. The molecule has 7 nitrogen and oxygen atoms in total. The van der Waals surface area contributed by atoms with Gasteiger partial charge >= 0.3 is 0 Å². The van der Waals surface area contributed by atoms with Crippen molar-refractivity contribution in [2.45, 2.75) is 6.04 Å². The minimum atomic E-state index is -0.267. The quantitative estimate of drug-likeness (QED) is 0.727. The van der Waals surface area contributed by atoms with Crippen molar-refractivity contribution >= 4 is 5.91 Å². The molecule has 0 bridgehead atoms. The Hall–Kier alpha value is -3.19. The van der Waals surface area contributed by atoms with Crippen molar-refractivity contribution in [1.29, 1.82) is 0 Å². The third-order valence-corrected chi connectivity index (χ3v) is 4.74. The van der Waals surface area contributed by atoms with Crippen LogP contribution in [0.3, 0.4) is 0 Å². The number of ether oxygens (including phenoxy) is 2. The number of nitrogens with zero attached hydrogens (tertiary/aromatic N) is 3. The van der Waals surface area contributed by atoms with Gasteiger partial charge in [-0.25, -0.2) is 0 Å². The summed E-state index contributed by atoms with van der Waals surface area (Å²) >= 11 is 0. The Morgan fingerprint density at radius 3 is 2.85 bits per heavy atom. The fraction of sp³-hybridized carbons (Fsp3) is 0.250. The van der Waals surface area contributed by atoms with Crippen LogP contribution >= 0.6 is 0 Å². The first-order valence-electron chi connectivity index (χ1n) is 8.67. The van der Waals surface area contributed by atoms with E-state index >= 15 is 0 Å². The van der Waals surface area contributed by atoms with Crippen LogP contribution in [0.4, 0.5) is 0 Å². The summed E-state index contributed by atoms with van der Waals surface area (Å²) in [6, 6.07) is 11.2. The van der Waals surface area contributed by atoms with Crippen LogP contribution in [0.2, 0.25) is 0 Å². The molecule has 1 amide bonds. The van der Waals surface area contributed by atoms with E-state index in [1.807, 2.05) is 36.4 Å². The highest BCUT2D eigenvalue weighted by molar-refractivity contribution is 6.00. The number of benzene rings is 1. The zero-order chi connectivity index (χ0) is 18.8. The van der Waals surface area contributed by atoms with E-state index in [0.717, 1.165) is 28.1 Å². The molecule has 0 fully saturated rings. The summed E-state index contributed by atoms with van der Waals surface area (Å²) in [6.45, 7) is 0.934. The van der Waals surface area contributed by atoms with Crippen molar-refractivity contribution in [3.05, 3.63) is 65.6 Å². The number of rotatable bonds is 6. The fourth-order valence-corrected chi connectivity index (χ4v) is 3.49. The molecule has 4 rings (SSSR count). The lowest BCUT2D eigenvalue weighted by Gasteiger charge is -2.25. The van der Waals surface area contributed by atoms with Crippen LogP contribution in [0.1, 0.15) is 27.7 Å². The number of carbonyl (C=O) groups is 1. The molecule has 1 atom stereocenters. The summed E-state index contributed by atoms with van der Waals surface area (Å²) in [4.78, 5) is 19.0. The maximum Gasteiger partial charge on any atom is 0.273 e. The predicted octanol–water partition coefficient (Wildman–Crippen LogP) is 2.67. The first-order chi connectivity index (χ1) is 13.2. The molecule has 2 aromatic heterocycles. The molecule has 3 aromatic rings. The van der Waals surface area contributed by atoms with Gasteiger partial charge in [0.15, 0.2) is 0 Å². The normalized spacial score (nSPS) is 15.9. The molecule has 0 radical (unpaired) electrons. The van der Waals surface area contributed by atoms with Crippen LogP contribution in [-0.2, 0) is 4.74 Å². The third-order valence-electron chi connectivity index (χ3n) is 4.74. The van der Waals surface area contributed by atoms with Crippen LogP contribution in [-0.4, -0.2) is 53.4 Å². The summed E-state index contributed by atoms with van der Waals surface area (Å²) in [7, 11) is 3.25. The van der Waals surface area contributed by atoms with Crippen molar-refractivity contribution in [2.75, 3.05) is 27.4 Å². The Morgan fingerprint density at radius 2 is 2.11 bits per heavy atom. The average Bonchev–Trinajstić information content (AvgIpc) is 3.26. The number of aromatic amines is 1. The maximum absolute atomic E-state index is 13.0. The molecule has 1 unspecified atom stereocenters. The zero-order valence-electron chi connectivity index (χ0n) is 15.2. The van der Waals surface area contributed by atoms with E-state index in [1.54, 1.807) is 31.5 Å². The van der Waals surface area contributed by atoms with E-state index in [9.17, 15) is 4.79 Å². The lowest BCUT2D eigenvalue weighted by Crippen LogP contribution is -2.32. The SMILES string of the molecule is COCCN1C(=O)c2[nH]nc(-c3cccc(OC)c3)c2C1c1cccnc1. The van der Waals surface area contributed by atoms with Gasteiger partial charge in [-0.15, -0.1) is 0 Å². The van der Waals surface area contributed by atoms with Gasteiger partial charge in [-0.1, -0.05) is 18.2 Å². The molecule has 0 spiro atoms. The first-order valence-corrected chi connectivity index (χ1v) is 8.67. The van der Waals surface area contributed by atoms with E-state index in [2.05, 4.69) is 15.2 Å². The van der Waals surface area contributed by atoms with Crippen LogP contribution in [0.5, 0.6) is 5.75 Å². The van der Waals surface area contributed by atoms with E-state index < -0.39 is 0 Å². The number of nitrogens with one attached hydrogen (secondary N) is 1. The number of hydrogen-bond acceptors (Lipinski definition) is 5. The molecule has 27 heavy (non-hydrogen) atoms. The Kier molecular flexibility index (Phi) is 4.60. The first kappa shape index (κ1) is 17.2. The lowest BCUT2D eigenvalue weighted by atomic mass is 9.97. The molecule has 1 aliphatic rings. The van der Waals surface area contributed by atoms with E-state index in [-0.39, 0.29) is 11.9 Å².